The van der Waals surface area contributed by atoms with E-state index >= 15 is 0 Å². The Morgan fingerprint density at radius 2 is 1.97 bits per heavy atom. The van der Waals surface area contributed by atoms with Crippen LogP contribution in [0.1, 0.15) is 27.6 Å². The van der Waals surface area contributed by atoms with Crippen LogP contribution in [0.15, 0.2) is 55.0 Å². The van der Waals surface area contributed by atoms with Crippen LogP contribution in [0.5, 0.6) is 5.75 Å². The SMILES string of the molecule is COc1cc(C=Cc2nc(-c3ccc(F)cc3)c3n2CCNC3=O)ccc1-n1cnc(C)c1. The Balaban J connectivity index is 1.52. The average molecular weight is 443 g/mol. The van der Waals surface area contributed by atoms with Crippen molar-refractivity contribution in [1.82, 2.24) is 24.4 Å². The summed E-state index contributed by atoms with van der Waals surface area (Å²) in [7, 11) is 1.63. The van der Waals surface area contributed by atoms with E-state index in [-0.39, 0.29) is 11.7 Å². The minimum atomic E-state index is -0.334. The summed E-state index contributed by atoms with van der Waals surface area (Å²) in [6, 6.07) is 11.9. The van der Waals surface area contributed by atoms with E-state index in [2.05, 4.69) is 10.3 Å². The highest BCUT2D eigenvalue weighted by atomic mass is 19.1. The summed E-state index contributed by atoms with van der Waals surface area (Å²) in [6.45, 7) is 3.07. The lowest BCUT2D eigenvalue weighted by atomic mass is 10.1. The standard InChI is InChI=1S/C25H22FN5O2/c1-16-14-30(15-28-16)20-9-3-17(13-21(20)33-2)4-10-22-29-23(18-5-7-19(26)8-6-18)24-25(32)27-11-12-31(22)24/h3-10,13-15H,11-12H2,1-2H3,(H,27,32). The Morgan fingerprint density at radius 1 is 1.15 bits per heavy atom. The molecule has 1 aliphatic heterocycles. The quantitative estimate of drug-likeness (QED) is 0.504. The molecule has 0 spiro atoms. The Hall–Kier alpha value is -4.20. The van der Waals surface area contributed by atoms with Gasteiger partial charge in [-0.2, -0.15) is 0 Å². The average Bonchev–Trinajstić information content (AvgIpc) is 3.42. The normalized spacial score (nSPS) is 13.2. The molecule has 0 fully saturated rings. The number of imidazole rings is 2. The monoisotopic (exact) mass is 443 g/mol. The van der Waals surface area contributed by atoms with Gasteiger partial charge in [-0.1, -0.05) is 12.1 Å². The van der Waals surface area contributed by atoms with Crippen LogP contribution in [0.4, 0.5) is 4.39 Å². The zero-order chi connectivity index (χ0) is 22.9. The number of benzene rings is 2. The topological polar surface area (TPSA) is 74.0 Å². The second-order valence-electron chi connectivity index (χ2n) is 7.77. The Morgan fingerprint density at radius 3 is 2.70 bits per heavy atom. The maximum atomic E-state index is 13.4. The molecule has 0 unspecified atom stereocenters. The van der Waals surface area contributed by atoms with E-state index in [0.29, 0.717) is 41.6 Å². The first kappa shape index (κ1) is 20.7. The number of hydrogen-bond acceptors (Lipinski definition) is 4. The van der Waals surface area contributed by atoms with Crippen LogP contribution in [0, 0.1) is 12.7 Å². The van der Waals surface area contributed by atoms with Crippen molar-refractivity contribution in [1.29, 1.82) is 0 Å². The minimum absolute atomic E-state index is 0.186. The van der Waals surface area contributed by atoms with Crippen LogP contribution in [-0.2, 0) is 6.54 Å². The zero-order valence-corrected chi connectivity index (χ0v) is 18.2. The van der Waals surface area contributed by atoms with Crippen molar-refractivity contribution >= 4 is 18.1 Å². The molecule has 3 heterocycles. The van der Waals surface area contributed by atoms with Gasteiger partial charge < -0.3 is 19.2 Å². The first-order valence-electron chi connectivity index (χ1n) is 10.6. The largest absolute Gasteiger partial charge is 0.495 e. The van der Waals surface area contributed by atoms with Gasteiger partial charge in [0.2, 0.25) is 0 Å². The summed E-state index contributed by atoms with van der Waals surface area (Å²) in [5.74, 6) is 0.854. The summed E-state index contributed by atoms with van der Waals surface area (Å²) in [5, 5.41) is 2.86. The molecular weight excluding hydrogens is 421 g/mol. The van der Waals surface area contributed by atoms with Crippen molar-refractivity contribution in [3.8, 4) is 22.7 Å². The maximum absolute atomic E-state index is 13.4. The molecule has 0 radical (unpaired) electrons. The number of carbonyl (C=O) groups excluding carboxylic acids is 1. The smallest absolute Gasteiger partial charge is 0.270 e. The molecule has 8 heteroatoms. The van der Waals surface area contributed by atoms with Gasteiger partial charge >= 0.3 is 0 Å². The number of rotatable bonds is 5. The van der Waals surface area contributed by atoms with E-state index in [0.717, 1.165) is 16.9 Å². The highest BCUT2D eigenvalue weighted by Crippen LogP contribution is 2.28. The van der Waals surface area contributed by atoms with E-state index in [4.69, 9.17) is 9.72 Å². The van der Waals surface area contributed by atoms with Gasteiger partial charge in [-0.15, -0.1) is 0 Å². The number of aryl methyl sites for hydroxylation is 1. The highest BCUT2D eigenvalue weighted by Gasteiger charge is 2.26. The molecule has 0 atom stereocenters. The lowest BCUT2D eigenvalue weighted by Gasteiger charge is -2.17. The number of methoxy groups -OCH3 is 1. The molecule has 1 aliphatic rings. The molecule has 2 aromatic heterocycles. The summed E-state index contributed by atoms with van der Waals surface area (Å²) < 4.78 is 22.8. The number of nitrogens with zero attached hydrogens (tertiary/aromatic N) is 4. The third-order valence-corrected chi connectivity index (χ3v) is 5.57. The molecule has 5 rings (SSSR count). The molecule has 2 aromatic carbocycles. The van der Waals surface area contributed by atoms with Crippen molar-refractivity contribution in [3.63, 3.8) is 0 Å². The van der Waals surface area contributed by atoms with Crippen LogP contribution < -0.4 is 10.1 Å². The van der Waals surface area contributed by atoms with Gasteiger partial charge in [-0.3, -0.25) is 4.79 Å². The number of aromatic nitrogens is 4. The van der Waals surface area contributed by atoms with Crippen molar-refractivity contribution < 1.29 is 13.9 Å². The van der Waals surface area contributed by atoms with Gasteiger partial charge in [0.15, 0.2) is 0 Å². The second-order valence-corrected chi connectivity index (χ2v) is 7.77. The van der Waals surface area contributed by atoms with Crippen LogP contribution in [0.25, 0.3) is 29.1 Å². The molecule has 7 nitrogen and oxygen atoms in total. The van der Waals surface area contributed by atoms with Gasteiger partial charge in [0, 0.05) is 24.8 Å². The maximum Gasteiger partial charge on any atom is 0.270 e. The van der Waals surface area contributed by atoms with Crippen molar-refractivity contribution in [2.75, 3.05) is 13.7 Å². The van der Waals surface area contributed by atoms with Gasteiger partial charge in [0.1, 0.15) is 28.8 Å². The van der Waals surface area contributed by atoms with E-state index in [1.165, 1.54) is 12.1 Å². The molecule has 0 bridgehead atoms. The summed E-state index contributed by atoms with van der Waals surface area (Å²) in [5.41, 5.74) is 4.45. The van der Waals surface area contributed by atoms with Crippen LogP contribution >= 0.6 is 0 Å². The fourth-order valence-electron chi connectivity index (χ4n) is 3.96. The number of ether oxygens (including phenoxy) is 1. The van der Waals surface area contributed by atoms with E-state index in [9.17, 15) is 9.18 Å². The Labute approximate surface area is 190 Å². The van der Waals surface area contributed by atoms with Crippen LogP contribution in [-0.4, -0.2) is 38.7 Å². The Kier molecular flexibility index (Phi) is 5.26. The number of hydrogen-bond donors (Lipinski definition) is 1. The molecule has 1 N–H and O–H groups in total. The molecule has 0 saturated heterocycles. The number of halogens is 1. The molecule has 0 saturated carbocycles. The minimum Gasteiger partial charge on any atom is -0.495 e. The lowest BCUT2D eigenvalue weighted by Crippen LogP contribution is -2.35. The van der Waals surface area contributed by atoms with Gasteiger partial charge in [0.05, 0.1) is 24.8 Å². The van der Waals surface area contributed by atoms with Crippen molar-refractivity contribution in [2.24, 2.45) is 0 Å². The van der Waals surface area contributed by atoms with Crippen LogP contribution in [0.3, 0.4) is 0 Å². The third kappa shape index (κ3) is 3.91. The van der Waals surface area contributed by atoms with E-state index in [1.807, 2.05) is 52.6 Å². The second kappa shape index (κ2) is 8.38. The number of nitrogens with one attached hydrogen (secondary N) is 1. The predicted octanol–water partition coefficient (Wildman–Crippen LogP) is 4.11. The number of fused-ring (bicyclic) bond motifs is 1. The van der Waals surface area contributed by atoms with Gasteiger partial charge in [-0.05, 0) is 55.0 Å². The zero-order valence-electron chi connectivity index (χ0n) is 18.2. The highest BCUT2D eigenvalue weighted by molar-refractivity contribution is 5.99. The molecule has 33 heavy (non-hydrogen) atoms. The number of carbonyl (C=O) groups is 1. The number of amides is 1. The molecule has 4 aromatic rings. The van der Waals surface area contributed by atoms with Crippen LogP contribution in [0.2, 0.25) is 0 Å². The molecule has 166 valence electrons. The molecular formula is C25H22FN5O2. The van der Waals surface area contributed by atoms with Crippen molar-refractivity contribution in [2.45, 2.75) is 13.5 Å². The van der Waals surface area contributed by atoms with Gasteiger partial charge in [0.25, 0.3) is 5.91 Å². The molecule has 0 aliphatic carbocycles. The molecule has 1 amide bonds. The fraction of sp³-hybridized carbons (Fsp3) is 0.160. The summed E-state index contributed by atoms with van der Waals surface area (Å²) in [4.78, 5) is 21.6. The van der Waals surface area contributed by atoms with E-state index in [1.54, 1.807) is 25.6 Å². The third-order valence-electron chi connectivity index (χ3n) is 5.57. The summed E-state index contributed by atoms with van der Waals surface area (Å²) >= 11 is 0. The van der Waals surface area contributed by atoms with E-state index < -0.39 is 0 Å². The lowest BCUT2D eigenvalue weighted by molar-refractivity contribution is 0.0928. The Bertz CT molecular complexity index is 1370. The van der Waals surface area contributed by atoms with Crippen molar-refractivity contribution in [3.05, 3.63) is 83.6 Å². The fourth-order valence-corrected chi connectivity index (χ4v) is 3.96. The summed E-state index contributed by atoms with van der Waals surface area (Å²) in [6.07, 6.45) is 7.50. The first-order chi connectivity index (χ1) is 16.0. The predicted molar refractivity (Wildman–Crippen MR) is 124 cm³/mol. The van der Waals surface area contributed by atoms with Gasteiger partial charge in [-0.25, -0.2) is 14.4 Å². The first-order valence-corrected chi connectivity index (χ1v) is 10.6.